The lowest BCUT2D eigenvalue weighted by molar-refractivity contribution is 0.328. The molecule has 0 N–H and O–H groups in total. The molecule has 1 fully saturated rings. The largest absolute Gasteiger partial charge is 0.438 e. The van der Waals surface area contributed by atoms with E-state index in [9.17, 15) is 0 Å². The van der Waals surface area contributed by atoms with Gasteiger partial charge in [-0.05, 0) is 83.7 Å². The van der Waals surface area contributed by atoms with E-state index in [1.165, 1.54) is 24.0 Å². The highest BCUT2D eigenvalue weighted by Gasteiger charge is 2.25. The number of hydrogen-bond acceptors (Lipinski definition) is 3. The van der Waals surface area contributed by atoms with Crippen molar-refractivity contribution in [3.8, 4) is 11.6 Å². The molecule has 0 radical (unpaired) electrons. The van der Waals surface area contributed by atoms with Crippen LogP contribution in [0, 0.1) is 34.6 Å². The first-order valence-electron chi connectivity index (χ1n) is 9.28. The normalized spacial score (nSPS) is 14.2. The summed E-state index contributed by atoms with van der Waals surface area (Å²) in [5.74, 6) is 1.69. The van der Waals surface area contributed by atoms with Crippen molar-refractivity contribution in [2.75, 3.05) is 13.6 Å². The lowest BCUT2D eigenvalue weighted by Gasteiger charge is -2.19. The number of nitrogens with zero attached hydrogens (tertiary/aromatic N) is 2. The van der Waals surface area contributed by atoms with Gasteiger partial charge in [-0.15, -0.1) is 0 Å². The number of rotatable bonds is 6. The highest BCUT2D eigenvalue weighted by atomic mass is 16.5. The molecule has 3 nitrogen and oxygen atoms in total. The van der Waals surface area contributed by atoms with E-state index in [4.69, 9.17) is 4.74 Å². The Bertz CT molecular complexity index is 755. The van der Waals surface area contributed by atoms with Crippen LogP contribution in [-0.2, 0) is 6.42 Å². The summed E-state index contributed by atoms with van der Waals surface area (Å²) in [6.07, 6.45) is 3.75. The minimum Gasteiger partial charge on any atom is -0.438 e. The Kier molecular flexibility index (Phi) is 5.14. The zero-order valence-electron chi connectivity index (χ0n) is 16.4. The van der Waals surface area contributed by atoms with Gasteiger partial charge in [0.15, 0.2) is 0 Å². The van der Waals surface area contributed by atoms with Gasteiger partial charge in [0.2, 0.25) is 5.88 Å². The van der Waals surface area contributed by atoms with Crippen LogP contribution < -0.4 is 4.74 Å². The van der Waals surface area contributed by atoms with Crippen molar-refractivity contribution in [3.63, 3.8) is 0 Å². The van der Waals surface area contributed by atoms with Gasteiger partial charge in [0.1, 0.15) is 5.75 Å². The first-order valence-corrected chi connectivity index (χ1v) is 9.28. The molecule has 25 heavy (non-hydrogen) atoms. The molecule has 1 heterocycles. The van der Waals surface area contributed by atoms with Crippen molar-refractivity contribution >= 4 is 0 Å². The quantitative estimate of drug-likeness (QED) is 0.737. The third-order valence-electron chi connectivity index (χ3n) is 5.17. The number of hydrogen-bond donors (Lipinski definition) is 0. The molecule has 0 saturated heterocycles. The van der Waals surface area contributed by atoms with Crippen LogP contribution in [-0.4, -0.2) is 29.5 Å². The van der Waals surface area contributed by atoms with Crippen LogP contribution in [0.3, 0.4) is 0 Å². The second-order valence-corrected chi connectivity index (χ2v) is 7.64. The van der Waals surface area contributed by atoms with Gasteiger partial charge < -0.3 is 9.64 Å². The lowest BCUT2D eigenvalue weighted by atomic mass is 10.1. The van der Waals surface area contributed by atoms with Crippen molar-refractivity contribution in [2.24, 2.45) is 0 Å². The summed E-state index contributed by atoms with van der Waals surface area (Å²) < 4.78 is 6.29. The average molecular weight is 338 g/mol. The van der Waals surface area contributed by atoms with Gasteiger partial charge >= 0.3 is 0 Å². The summed E-state index contributed by atoms with van der Waals surface area (Å²) in [6.45, 7) is 11.6. The highest BCUT2D eigenvalue weighted by molar-refractivity contribution is 5.46. The molecule has 0 amide bonds. The SMILES string of the molecule is Cc1cc(C)c(Oc2nc(C)cc(CCN(C)C3CC3)c2C)c(C)c1. The number of likely N-dealkylation sites (N-methyl/N-ethyl adjacent to an activating group) is 1. The van der Waals surface area contributed by atoms with Gasteiger partial charge in [-0.25, -0.2) is 4.98 Å². The maximum atomic E-state index is 6.29. The fraction of sp³-hybridized carbons (Fsp3) is 0.500. The van der Waals surface area contributed by atoms with Gasteiger partial charge in [-0.2, -0.15) is 0 Å². The molecule has 3 rings (SSSR count). The van der Waals surface area contributed by atoms with Gasteiger partial charge in [0, 0.05) is 23.8 Å². The van der Waals surface area contributed by atoms with Crippen molar-refractivity contribution in [1.82, 2.24) is 9.88 Å². The van der Waals surface area contributed by atoms with Gasteiger partial charge in [-0.3, -0.25) is 0 Å². The molecule has 0 spiro atoms. The number of ether oxygens (including phenoxy) is 1. The zero-order chi connectivity index (χ0) is 18.1. The molecule has 0 atom stereocenters. The molecular formula is C22H30N2O. The smallest absolute Gasteiger partial charge is 0.222 e. The fourth-order valence-corrected chi connectivity index (χ4v) is 3.55. The average Bonchev–Trinajstić information content (AvgIpc) is 3.36. The maximum absolute atomic E-state index is 6.29. The second kappa shape index (κ2) is 7.17. The minimum absolute atomic E-state index is 0.749. The summed E-state index contributed by atoms with van der Waals surface area (Å²) in [6, 6.07) is 7.34. The highest BCUT2D eigenvalue weighted by Crippen LogP contribution is 2.32. The van der Waals surface area contributed by atoms with Crippen LogP contribution in [0.1, 0.15) is 46.4 Å². The van der Waals surface area contributed by atoms with Crippen molar-refractivity contribution in [2.45, 2.75) is 59.9 Å². The molecule has 1 saturated carbocycles. The Morgan fingerprint density at radius 1 is 1.04 bits per heavy atom. The molecule has 1 aromatic carbocycles. The maximum Gasteiger partial charge on any atom is 0.222 e. The lowest BCUT2D eigenvalue weighted by Crippen LogP contribution is -2.23. The Balaban J connectivity index is 1.84. The van der Waals surface area contributed by atoms with Gasteiger partial charge in [-0.1, -0.05) is 17.7 Å². The van der Waals surface area contributed by atoms with Crippen LogP contribution in [0.15, 0.2) is 18.2 Å². The van der Waals surface area contributed by atoms with Crippen molar-refractivity contribution in [3.05, 3.63) is 51.7 Å². The summed E-state index contributed by atoms with van der Waals surface area (Å²) >= 11 is 0. The Hall–Kier alpha value is -1.87. The Morgan fingerprint density at radius 2 is 1.68 bits per heavy atom. The monoisotopic (exact) mass is 338 g/mol. The standard InChI is InChI=1S/C22H30N2O/c1-14-11-15(2)21(16(3)12-14)25-22-18(5)19(13-17(4)23-22)9-10-24(6)20-7-8-20/h11-13,20H,7-10H2,1-6H3. The summed E-state index contributed by atoms with van der Waals surface area (Å²) in [7, 11) is 2.23. The predicted molar refractivity (Wildman–Crippen MR) is 104 cm³/mol. The molecule has 0 bridgehead atoms. The third kappa shape index (κ3) is 4.21. The zero-order valence-corrected chi connectivity index (χ0v) is 16.4. The van der Waals surface area contributed by atoms with Crippen molar-refractivity contribution < 1.29 is 4.74 Å². The second-order valence-electron chi connectivity index (χ2n) is 7.64. The van der Waals surface area contributed by atoms with E-state index in [0.717, 1.165) is 53.0 Å². The topological polar surface area (TPSA) is 25.4 Å². The van der Waals surface area contributed by atoms with Crippen LogP contribution >= 0.6 is 0 Å². The molecule has 0 aliphatic heterocycles. The molecule has 3 heteroatoms. The first-order chi connectivity index (χ1) is 11.8. The molecule has 1 aromatic heterocycles. The summed E-state index contributed by atoms with van der Waals surface area (Å²) in [5.41, 5.74) is 7.12. The van der Waals surface area contributed by atoms with Crippen LogP contribution in [0.25, 0.3) is 0 Å². The van der Waals surface area contributed by atoms with E-state index < -0.39 is 0 Å². The van der Waals surface area contributed by atoms with E-state index >= 15 is 0 Å². The molecule has 2 aromatic rings. The van der Waals surface area contributed by atoms with E-state index in [1.807, 2.05) is 0 Å². The number of benzene rings is 1. The predicted octanol–water partition coefficient (Wildman–Crippen LogP) is 5.05. The number of pyridine rings is 1. The van der Waals surface area contributed by atoms with Gasteiger partial charge in [0.05, 0.1) is 0 Å². The Labute approximate surface area is 152 Å². The fourth-order valence-electron chi connectivity index (χ4n) is 3.55. The van der Waals surface area contributed by atoms with Crippen LogP contribution in [0.2, 0.25) is 0 Å². The van der Waals surface area contributed by atoms with Crippen LogP contribution in [0.4, 0.5) is 0 Å². The summed E-state index contributed by atoms with van der Waals surface area (Å²) in [4.78, 5) is 7.15. The van der Waals surface area contributed by atoms with E-state index in [0.29, 0.717) is 0 Å². The van der Waals surface area contributed by atoms with E-state index in [2.05, 4.69) is 69.7 Å². The summed E-state index contributed by atoms with van der Waals surface area (Å²) in [5, 5.41) is 0. The molecule has 1 aliphatic carbocycles. The van der Waals surface area contributed by atoms with Crippen LogP contribution in [0.5, 0.6) is 11.6 Å². The third-order valence-corrected chi connectivity index (χ3v) is 5.17. The molecule has 134 valence electrons. The molecule has 0 unspecified atom stereocenters. The minimum atomic E-state index is 0.749. The number of aryl methyl sites for hydroxylation is 4. The van der Waals surface area contributed by atoms with Gasteiger partial charge in [0.25, 0.3) is 0 Å². The number of aromatic nitrogens is 1. The van der Waals surface area contributed by atoms with Crippen molar-refractivity contribution in [1.29, 1.82) is 0 Å². The van der Waals surface area contributed by atoms with E-state index in [1.54, 1.807) is 0 Å². The molecule has 1 aliphatic rings. The molecular weight excluding hydrogens is 308 g/mol. The Morgan fingerprint density at radius 3 is 2.28 bits per heavy atom. The van der Waals surface area contributed by atoms with E-state index in [-0.39, 0.29) is 0 Å². The first kappa shape index (κ1) is 17.9.